The smallest absolute Gasteiger partial charge is 0.387 e. The van der Waals surface area contributed by atoms with E-state index in [1.807, 2.05) is 0 Å². The first-order valence-electron chi connectivity index (χ1n) is 4.33. The van der Waals surface area contributed by atoms with Crippen LogP contribution in [0.4, 0.5) is 13.2 Å². The highest BCUT2D eigenvalue weighted by atomic mass is 19.3. The molecule has 17 heavy (non-hydrogen) atoms. The molecule has 7 heteroatoms. The van der Waals surface area contributed by atoms with Crippen LogP contribution in [0.1, 0.15) is 11.1 Å². The zero-order valence-corrected chi connectivity index (χ0v) is 8.28. The molecule has 0 heterocycles. The number of aliphatic carboxylic acids is 1. The quantitative estimate of drug-likeness (QED) is 0.879. The van der Waals surface area contributed by atoms with Gasteiger partial charge in [0.25, 0.3) is 0 Å². The first-order chi connectivity index (χ1) is 7.93. The summed E-state index contributed by atoms with van der Waals surface area (Å²) in [5.41, 5.74) is -0.316. The number of benzene rings is 1. The Labute approximate surface area is 93.8 Å². The van der Waals surface area contributed by atoms with E-state index in [1.165, 1.54) is 0 Å². The van der Waals surface area contributed by atoms with Gasteiger partial charge in [-0.15, -0.1) is 0 Å². The molecule has 0 fully saturated rings. The molecule has 0 spiro atoms. The maximum absolute atomic E-state index is 13.2. The summed E-state index contributed by atoms with van der Waals surface area (Å²) in [5, 5.41) is 17.2. The van der Waals surface area contributed by atoms with Crippen molar-refractivity contribution in [3.05, 3.63) is 29.1 Å². The number of alkyl halides is 2. The topological polar surface area (TPSA) is 70.3 Å². The number of carboxylic acid groups (broad SMARTS) is 1. The third kappa shape index (κ3) is 3.38. The molecule has 0 saturated carbocycles. The monoisotopic (exact) mass is 245 g/mol. The van der Waals surface area contributed by atoms with Gasteiger partial charge in [0.05, 0.1) is 18.1 Å². The van der Waals surface area contributed by atoms with Crippen molar-refractivity contribution in [1.82, 2.24) is 0 Å². The molecule has 1 aromatic rings. The summed E-state index contributed by atoms with van der Waals surface area (Å²) in [5.74, 6) is -3.19. The van der Waals surface area contributed by atoms with Gasteiger partial charge in [0.15, 0.2) is 11.6 Å². The van der Waals surface area contributed by atoms with E-state index in [9.17, 15) is 18.0 Å². The summed E-state index contributed by atoms with van der Waals surface area (Å²) >= 11 is 0. The van der Waals surface area contributed by atoms with Crippen LogP contribution in [0, 0.1) is 17.1 Å². The van der Waals surface area contributed by atoms with Crippen LogP contribution in [-0.4, -0.2) is 17.7 Å². The molecule has 1 N–H and O–H groups in total. The zero-order chi connectivity index (χ0) is 13.0. The number of carbonyl (C=O) groups is 1. The van der Waals surface area contributed by atoms with Crippen LogP contribution in [0.15, 0.2) is 12.1 Å². The number of ether oxygens (including phenoxy) is 1. The fraction of sp³-hybridized carbons (Fsp3) is 0.200. The maximum atomic E-state index is 13.2. The third-order valence-electron chi connectivity index (χ3n) is 1.84. The Morgan fingerprint density at radius 2 is 2.18 bits per heavy atom. The fourth-order valence-electron chi connectivity index (χ4n) is 1.19. The minimum absolute atomic E-state index is 0.0980. The van der Waals surface area contributed by atoms with Crippen molar-refractivity contribution in [3.8, 4) is 11.8 Å². The normalized spacial score (nSPS) is 10.1. The lowest BCUT2D eigenvalue weighted by atomic mass is 10.0. The van der Waals surface area contributed by atoms with Crippen LogP contribution in [0.3, 0.4) is 0 Å². The summed E-state index contributed by atoms with van der Waals surface area (Å²) in [6, 6.07) is 3.04. The van der Waals surface area contributed by atoms with E-state index in [2.05, 4.69) is 4.74 Å². The van der Waals surface area contributed by atoms with Crippen molar-refractivity contribution in [2.45, 2.75) is 13.0 Å². The predicted molar refractivity (Wildman–Crippen MR) is 49.1 cm³/mol. The Balaban J connectivity index is 3.16. The third-order valence-corrected chi connectivity index (χ3v) is 1.84. The molecule has 0 aliphatic rings. The molecular formula is C10H6F3NO3. The molecule has 0 aromatic heterocycles. The van der Waals surface area contributed by atoms with Crippen molar-refractivity contribution in [2.75, 3.05) is 0 Å². The second-order valence-corrected chi connectivity index (χ2v) is 3.00. The van der Waals surface area contributed by atoms with Gasteiger partial charge in [-0.3, -0.25) is 4.79 Å². The van der Waals surface area contributed by atoms with Crippen LogP contribution in [0.5, 0.6) is 5.75 Å². The first kappa shape index (κ1) is 12.8. The van der Waals surface area contributed by atoms with E-state index in [1.54, 1.807) is 6.07 Å². The van der Waals surface area contributed by atoms with Crippen LogP contribution in [0.25, 0.3) is 0 Å². The lowest BCUT2D eigenvalue weighted by molar-refractivity contribution is -0.136. The minimum Gasteiger partial charge on any atom is -0.481 e. The average molecular weight is 245 g/mol. The SMILES string of the molecule is N#Cc1cc(OC(F)F)c(F)cc1CC(=O)O. The second kappa shape index (κ2) is 5.21. The van der Waals surface area contributed by atoms with Crippen molar-refractivity contribution in [2.24, 2.45) is 0 Å². The molecule has 0 aliphatic carbocycles. The highest BCUT2D eigenvalue weighted by molar-refractivity contribution is 5.71. The van der Waals surface area contributed by atoms with Gasteiger partial charge in [-0.2, -0.15) is 14.0 Å². The number of halogens is 3. The number of hydrogen-bond donors (Lipinski definition) is 1. The summed E-state index contributed by atoms with van der Waals surface area (Å²) in [6.07, 6.45) is -0.575. The number of nitrogens with zero attached hydrogens (tertiary/aromatic N) is 1. The van der Waals surface area contributed by atoms with E-state index in [0.717, 1.165) is 6.07 Å². The zero-order valence-electron chi connectivity index (χ0n) is 8.28. The summed E-state index contributed by atoms with van der Waals surface area (Å²) in [4.78, 5) is 10.4. The lowest BCUT2D eigenvalue weighted by Gasteiger charge is -2.08. The molecule has 0 radical (unpaired) electrons. The van der Waals surface area contributed by atoms with Crippen molar-refractivity contribution >= 4 is 5.97 Å². The maximum Gasteiger partial charge on any atom is 0.387 e. The number of hydrogen-bond acceptors (Lipinski definition) is 3. The molecule has 0 saturated heterocycles. The van der Waals surface area contributed by atoms with Crippen molar-refractivity contribution < 1.29 is 27.8 Å². The van der Waals surface area contributed by atoms with E-state index in [-0.39, 0.29) is 11.1 Å². The molecule has 4 nitrogen and oxygen atoms in total. The molecule has 0 unspecified atom stereocenters. The van der Waals surface area contributed by atoms with Crippen LogP contribution < -0.4 is 4.74 Å². The van der Waals surface area contributed by atoms with Crippen molar-refractivity contribution in [3.63, 3.8) is 0 Å². The Morgan fingerprint density at radius 3 is 2.65 bits per heavy atom. The van der Waals surface area contributed by atoms with E-state index < -0.39 is 30.6 Å². The van der Waals surface area contributed by atoms with E-state index in [4.69, 9.17) is 10.4 Å². The largest absolute Gasteiger partial charge is 0.481 e. The van der Waals surface area contributed by atoms with Gasteiger partial charge in [0.2, 0.25) is 0 Å². The highest BCUT2D eigenvalue weighted by Crippen LogP contribution is 2.24. The average Bonchev–Trinajstić information content (AvgIpc) is 2.20. The van der Waals surface area contributed by atoms with Gasteiger partial charge < -0.3 is 9.84 Å². The predicted octanol–water partition coefficient (Wildman–Crippen LogP) is 1.93. The summed E-state index contributed by atoms with van der Waals surface area (Å²) in [7, 11) is 0. The standard InChI is InChI=1S/C10H6F3NO3/c11-7-1-5(3-9(15)16)6(4-14)2-8(7)17-10(12)13/h1-2,10H,3H2,(H,15,16). The molecule has 0 aliphatic heterocycles. The van der Waals surface area contributed by atoms with Crippen LogP contribution in [-0.2, 0) is 11.2 Å². The van der Waals surface area contributed by atoms with Gasteiger partial charge in [0, 0.05) is 6.07 Å². The van der Waals surface area contributed by atoms with Gasteiger partial charge in [-0.1, -0.05) is 0 Å². The van der Waals surface area contributed by atoms with Gasteiger partial charge in [-0.05, 0) is 11.6 Å². The highest BCUT2D eigenvalue weighted by Gasteiger charge is 2.15. The fourth-order valence-corrected chi connectivity index (χ4v) is 1.19. The Hall–Kier alpha value is -2.23. The molecule has 1 rings (SSSR count). The van der Waals surface area contributed by atoms with Crippen molar-refractivity contribution in [1.29, 1.82) is 5.26 Å². The van der Waals surface area contributed by atoms with Gasteiger partial charge >= 0.3 is 12.6 Å². The lowest BCUT2D eigenvalue weighted by Crippen LogP contribution is -2.07. The second-order valence-electron chi connectivity index (χ2n) is 3.00. The molecule has 90 valence electrons. The number of rotatable bonds is 4. The van der Waals surface area contributed by atoms with Gasteiger partial charge in [0.1, 0.15) is 0 Å². The Bertz CT molecular complexity index is 482. The summed E-state index contributed by atoms with van der Waals surface area (Å²) in [6.45, 7) is -3.22. The molecule has 1 aromatic carbocycles. The molecular weight excluding hydrogens is 239 g/mol. The number of carboxylic acids is 1. The Kier molecular flexibility index (Phi) is 3.93. The van der Waals surface area contributed by atoms with E-state index in [0.29, 0.717) is 6.07 Å². The molecule has 0 atom stereocenters. The molecule has 0 bridgehead atoms. The Morgan fingerprint density at radius 1 is 1.53 bits per heavy atom. The molecule has 0 amide bonds. The minimum atomic E-state index is -3.22. The van der Waals surface area contributed by atoms with Crippen LogP contribution in [0.2, 0.25) is 0 Å². The summed E-state index contributed by atoms with van der Waals surface area (Å²) < 4.78 is 40.8. The van der Waals surface area contributed by atoms with E-state index >= 15 is 0 Å². The van der Waals surface area contributed by atoms with Crippen LogP contribution >= 0.6 is 0 Å². The first-order valence-corrected chi connectivity index (χ1v) is 4.33. The van der Waals surface area contributed by atoms with Gasteiger partial charge in [-0.25, -0.2) is 4.39 Å². The number of nitriles is 1.